The summed E-state index contributed by atoms with van der Waals surface area (Å²) in [6.45, 7) is 0. The van der Waals surface area contributed by atoms with Gasteiger partial charge in [0.05, 0.1) is 17.6 Å². The van der Waals surface area contributed by atoms with E-state index in [-0.39, 0.29) is 0 Å². The quantitative estimate of drug-likeness (QED) is 0.692. The topological polar surface area (TPSA) is 34.2 Å². The number of para-hydroxylation sites is 3. The van der Waals surface area contributed by atoms with Crippen LogP contribution in [0.1, 0.15) is 0 Å². The zero-order valence-corrected chi connectivity index (χ0v) is 12.7. The van der Waals surface area contributed by atoms with Gasteiger partial charge in [0.1, 0.15) is 5.75 Å². The Bertz CT molecular complexity index is 732. The monoisotopic (exact) mass is 340 g/mol. The van der Waals surface area contributed by atoms with Crippen LogP contribution in [-0.4, -0.2) is 4.98 Å². The third-order valence-corrected chi connectivity index (χ3v) is 3.28. The highest BCUT2D eigenvalue weighted by Gasteiger charge is 2.05. The van der Waals surface area contributed by atoms with Crippen LogP contribution in [-0.2, 0) is 0 Å². The van der Waals surface area contributed by atoms with E-state index in [0.717, 1.165) is 27.3 Å². The summed E-state index contributed by atoms with van der Waals surface area (Å²) in [7, 11) is 0. The second-order valence-electron chi connectivity index (χ2n) is 4.43. The number of rotatable bonds is 4. The largest absolute Gasteiger partial charge is 0.455 e. The summed E-state index contributed by atoms with van der Waals surface area (Å²) in [4.78, 5) is 4.14. The molecule has 0 bridgehead atoms. The fourth-order valence-electron chi connectivity index (χ4n) is 1.91. The lowest BCUT2D eigenvalue weighted by Gasteiger charge is -2.13. The molecule has 0 saturated heterocycles. The Kier molecular flexibility index (Phi) is 4.17. The highest BCUT2D eigenvalue weighted by atomic mass is 79.9. The maximum Gasteiger partial charge on any atom is 0.150 e. The van der Waals surface area contributed by atoms with Gasteiger partial charge in [-0.3, -0.25) is 4.98 Å². The van der Waals surface area contributed by atoms with Crippen LogP contribution in [0.15, 0.2) is 77.5 Å². The number of nitrogens with zero attached hydrogens (tertiary/aromatic N) is 1. The standard InChI is InChI=1S/C17H13BrN2O/c18-13-10-14(12-19-11-13)20-16-8-4-5-9-17(16)21-15-6-2-1-3-7-15/h1-12,20H. The lowest BCUT2D eigenvalue weighted by atomic mass is 10.2. The Morgan fingerprint density at radius 1 is 0.905 bits per heavy atom. The van der Waals surface area contributed by atoms with Crippen molar-refractivity contribution in [3.8, 4) is 11.5 Å². The van der Waals surface area contributed by atoms with Crippen molar-refractivity contribution in [1.29, 1.82) is 0 Å². The molecule has 3 rings (SSSR count). The van der Waals surface area contributed by atoms with Crippen molar-refractivity contribution < 1.29 is 4.74 Å². The van der Waals surface area contributed by atoms with Gasteiger partial charge in [0, 0.05) is 10.7 Å². The number of hydrogen-bond donors (Lipinski definition) is 1. The maximum atomic E-state index is 5.92. The van der Waals surface area contributed by atoms with Crippen molar-refractivity contribution >= 4 is 27.3 Å². The molecular weight excluding hydrogens is 328 g/mol. The van der Waals surface area contributed by atoms with Crippen LogP contribution < -0.4 is 10.1 Å². The molecule has 0 atom stereocenters. The molecule has 1 N–H and O–H groups in total. The lowest BCUT2D eigenvalue weighted by molar-refractivity contribution is 0.485. The fourth-order valence-corrected chi connectivity index (χ4v) is 2.27. The number of nitrogens with one attached hydrogen (secondary N) is 1. The molecule has 3 aromatic rings. The molecule has 0 spiro atoms. The second kappa shape index (κ2) is 6.41. The molecule has 1 heterocycles. The molecule has 0 aliphatic carbocycles. The Morgan fingerprint density at radius 2 is 1.67 bits per heavy atom. The van der Waals surface area contributed by atoms with Crippen LogP contribution in [0.3, 0.4) is 0 Å². The molecule has 4 heteroatoms. The number of aromatic nitrogens is 1. The summed E-state index contributed by atoms with van der Waals surface area (Å²) in [5.74, 6) is 1.57. The molecule has 2 aromatic carbocycles. The van der Waals surface area contributed by atoms with E-state index in [4.69, 9.17) is 4.74 Å². The van der Waals surface area contributed by atoms with Gasteiger partial charge in [0.15, 0.2) is 5.75 Å². The molecule has 3 nitrogen and oxygen atoms in total. The van der Waals surface area contributed by atoms with Crippen LogP contribution in [0.5, 0.6) is 11.5 Å². The normalized spacial score (nSPS) is 10.1. The first kappa shape index (κ1) is 13.6. The van der Waals surface area contributed by atoms with E-state index >= 15 is 0 Å². The van der Waals surface area contributed by atoms with E-state index in [0.29, 0.717) is 0 Å². The number of benzene rings is 2. The third kappa shape index (κ3) is 3.61. The Labute approximate surface area is 131 Å². The lowest BCUT2D eigenvalue weighted by Crippen LogP contribution is -1.94. The van der Waals surface area contributed by atoms with Crippen molar-refractivity contribution in [2.45, 2.75) is 0 Å². The molecule has 0 fully saturated rings. The van der Waals surface area contributed by atoms with E-state index < -0.39 is 0 Å². The maximum absolute atomic E-state index is 5.92. The van der Waals surface area contributed by atoms with Crippen molar-refractivity contribution in [3.63, 3.8) is 0 Å². The van der Waals surface area contributed by atoms with E-state index in [2.05, 4.69) is 26.2 Å². The zero-order chi connectivity index (χ0) is 14.5. The molecule has 0 saturated carbocycles. The van der Waals surface area contributed by atoms with Crippen LogP contribution in [0.4, 0.5) is 11.4 Å². The summed E-state index contributed by atoms with van der Waals surface area (Å²) in [5.41, 5.74) is 1.79. The van der Waals surface area contributed by atoms with Gasteiger partial charge in [-0.1, -0.05) is 30.3 Å². The van der Waals surface area contributed by atoms with Gasteiger partial charge >= 0.3 is 0 Å². The molecule has 21 heavy (non-hydrogen) atoms. The summed E-state index contributed by atoms with van der Waals surface area (Å²) in [5, 5.41) is 3.32. The number of ether oxygens (including phenoxy) is 1. The van der Waals surface area contributed by atoms with Gasteiger partial charge < -0.3 is 10.1 Å². The van der Waals surface area contributed by atoms with Crippen molar-refractivity contribution in [1.82, 2.24) is 4.98 Å². The SMILES string of the molecule is Brc1cncc(Nc2ccccc2Oc2ccccc2)c1. The molecular formula is C17H13BrN2O. The van der Waals surface area contributed by atoms with Crippen LogP contribution in [0.25, 0.3) is 0 Å². The minimum Gasteiger partial charge on any atom is -0.455 e. The van der Waals surface area contributed by atoms with Crippen LogP contribution >= 0.6 is 15.9 Å². The van der Waals surface area contributed by atoms with Gasteiger partial charge in [-0.25, -0.2) is 0 Å². The average molecular weight is 341 g/mol. The third-order valence-electron chi connectivity index (χ3n) is 2.84. The predicted molar refractivity (Wildman–Crippen MR) is 88.2 cm³/mol. The van der Waals surface area contributed by atoms with E-state index in [1.165, 1.54) is 0 Å². The minimum atomic E-state index is 0.767. The number of anilines is 2. The average Bonchev–Trinajstić information content (AvgIpc) is 2.50. The van der Waals surface area contributed by atoms with Crippen molar-refractivity contribution in [3.05, 3.63) is 77.5 Å². The van der Waals surface area contributed by atoms with Gasteiger partial charge in [0.2, 0.25) is 0 Å². The van der Waals surface area contributed by atoms with Crippen LogP contribution in [0, 0.1) is 0 Å². The summed E-state index contributed by atoms with van der Waals surface area (Å²) >= 11 is 3.41. The number of pyridine rings is 1. The first-order valence-corrected chi connectivity index (χ1v) is 7.30. The molecule has 0 amide bonds. The molecule has 0 unspecified atom stereocenters. The smallest absolute Gasteiger partial charge is 0.150 e. The Morgan fingerprint density at radius 3 is 2.48 bits per heavy atom. The van der Waals surface area contributed by atoms with E-state index in [9.17, 15) is 0 Å². The van der Waals surface area contributed by atoms with Gasteiger partial charge in [-0.05, 0) is 46.3 Å². The molecule has 0 aliphatic heterocycles. The number of hydrogen-bond acceptors (Lipinski definition) is 3. The molecule has 104 valence electrons. The Balaban J connectivity index is 1.86. The summed E-state index contributed by atoms with van der Waals surface area (Å²) < 4.78 is 6.84. The first-order chi connectivity index (χ1) is 10.3. The molecule has 0 radical (unpaired) electrons. The zero-order valence-electron chi connectivity index (χ0n) is 11.2. The van der Waals surface area contributed by atoms with E-state index in [1.54, 1.807) is 12.4 Å². The second-order valence-corrected chi connectivity index (χ2v) is 5.34. The summed E-state index contributed by atoms with van der Waals surface area (Å²) in [6.07, 6.45) is 3.52. The fraction of sp³-hybridized carbons (Fsp3) is 0. The molecule has 0 aliphatic rings. The van der Waals surface area contributed by atoms with E-state index in [1.807, 2.05) is 60.7 Å². The minimum absolute atomic E-state index is 0.767. The highest BCUT2D eigenvalue weighted by molar-refractivity contribution is 9.10. The van der Waals surface area contributed by atoms with Gasteiger partial charge in [0.25, 0.3) is 0 Å². The van der Waals surface area contributed by atoms with Crippen LogP contribution in [0.2, 0.25) is 0 Å². The van der Waals surface area contributed by atoms with Gasteiger partial charge in [-0.2, -0.15) is 0 Å². The summed E-state index contributed by atoms with van der Waals surface area (Å²) in [6, 6.07) is 19.5. The van der Waals surface area contributed by atoms with Crippen molar-refractivity contribution in [2.75, 3.05) is 5.32 Å². The predicted octanol–water partition coefficient (Wildman–Crippen LogP) is 5.38. The molecule has 1 aromatic heterocycles. The highest BCUT2D eigenvalue weighted by Crippen LogP contribution is 2.31. The van der Waals surface area contributed by atoms with Gasteiger partial charge in [-0.15, -0.1) is 0 Å². The van der Waals surface area contributed by atoms with Crippen molar-refractivity contribution in [2.24, 2.45) is 0 Å². The number of halogens is 1. The first-order valence-electron chi connectivity index (χ1n) is 6.51. The Hall–Kier alpha value is -2.33.